The van der Waals surface area contributed by atoms with Gasteiger partial charge in [0.15, 0.2) is 6.10 Å². The molecule has 2 rings (SSSR count). The SMILES string of the molecule is Cc1ccc(C2CCCN2C)cn1.O=C(O)CC(O)C(=O)O. The van der Waals surface area contributed by atoms with Crippen molar-refractivity contribution in [3.05, 3.63) is 29.6 Å². The lowest BCUT2D eigenvalue weighted by atomic mass is 10.1. The van der Waals surface area contributed by atoms with E-state index in [-0.39, 0.29) is 0 Å². The van der Waals surface area contributed by atoms with Gasteiger partial charge >= 0.3 is 11.9 Å². The molecule has 7 nitrogen and oxygen atoms in total. The first-order valence-corrected chi connectivity index (χ1v) is 7.06. The predicted molar refractivity (Wildman–Crippen MR) is 79.5 cm³/mol. The zero-order valence-corrected chi connectivity index (χ0v) is 12.8. The van der Waals surface area contributed by atoms with Crippen molar-refractivity contribution in [2.45, 2.75) is 38.3 Å². The number of aliphatic hydroxyl groups is 1. The van der Waals surface area contributed by atoms with E-state index in [9.17, 15) is 9.59 Å². The monoisotopic (exact) mass is 310 g/mol. The number of carboxylic acid groups (broad SMARTS) is 2. The molecule has 22 heavy (non-hydrogen) atoms. The molecule has 0 spiro atoms. The second-order valence-corrected chi connectivity index (χ2v) is 5.32. The van der Waals surface area contributed by atoms with Gasteiger partial charge in [-0.2, -0.15) is 0 Å². The molecule has 122 valence electrons. The van der Waals surface area contributed by atoms with Crippen LogP contribution in [0.1, 0.15) is 36.6 Å². The van der Waals surface area contributed by atoms with Crippen molar-refractivity contribution in [2.24, 2.45) is 0 Å². The van der Waals surface area contributed by atoms with Gasteiger partial charge in [-0.3, -0.25) is 14.7 Å². The average Bonchev–Trinajstić information content (AvgIpc) is 2.86. The summed E-state index contributed by atoms with van der Waals surface area (Å²) in [7, 11) is 2.19. The number of carboxylic acids is 2. The molecule has 3 N–H and O–H groups in total. The molecule has 0 radical (unpaired) electrons. The summed E-state index contributed by atoms with van der Waals surface area (Å²) < 4.78 is 0. The van der Waals surface area contributed by atoms with Crippen LogP contribution in [-0.2, 0) is 9.59 Å². The smallest absolute Gasteiger partial charge is 0.333 e. The maximum atomic E-state index is 9.72. The van der Waals surface area contributed by atoms with E-state index in [1.54, 1.807) is 0 Å². The third kappa shape index (κ3) is 5.79. The number of aryl methyl sites for hydroxylation is 1. The maximum absolute atomic E-state index is 9.72. The van der Waals surface area contributed by atoms with Gasteiger partial charge in [0.1, 0.15) is 0 Å². The van der Waals surface area contributed by atoms with Crippen LogP contribution in [0, 0.1) is 6.92 Å². The van der Waals surface area contributed by atoms with Crippen molar-refractivity contribution in [1.29, 1.82) is 0 Å². The molecule has 0 aromatic carbocycles. The molecule has 0 saturated carbocycles. The number of likely N-dealkylation sites (tertiary alicyclic amines) is 1. The van der Waals surface area contributed by atoms with E-state index in [2.05, 4.69) is 29.1 Å². The van der Waals surface area contributed by atoms with Crippen LogP contribution in [0.2, 0.25) is 0 Å². The van der Waals surface area contributed by atoms with Crippen LogP contribution >= 0.6 is 0 Å². The van der Waals surface area contributed by atoms with Gasteiger partial charge in [-0.15, -0.1) is 0 Å². The lowest BCUT2D eigenvalue weighted by molar-refractivity contribution is -0.152. The lowest BCUT2D eigenvalue weighted by Crippen LogP contribution is -2.22. The second-order valence-electron chi connectivity index (χ2n) is 5.32. The Morgan fingerprint density at radius 1 is 1.41 bits per heavy atom. The average molecular weight is 310 g/mol. The Morgan fingerprint density at radius 2 is 2.09 bits per heavy atom. The number of hydrogen-bond acceptors (Lipinski definition) is 5. The van der Waals surface area contributed by atoms with Gasteiger partial charge in [0.2, 0.25) is 0 Å². The summed E-state index contributed by atoms with van der Waals surface area (Å²) >= 11 is 0. The lowest BCUT2D eigenvalue weighted by Gasteiger charge is -2.19. The summed E-state index contributed by atoms with van der Waals surface area (Å²) in [5.41, 5.74) is 2.47. The molecule has 1 fully saturated rings. The first-order valence-electron chi connectivity index (χ1n) is 7.06. The van der Waals surface area contributed by atoms with Crippen LogP contribution < -0.4 is 0 Å². The Balaban J connectivity index is 0.000000239. The van der Waals surface area contributed by atoms with Crippen LogP contribution in [-0.4, -0.2) is 56.8 Å². The van der Waals surface area contributed by atoms with Gasteiger partial charge in [-0.05, 0) is 45.0 Å². The fourth-order valence-electron chi connectivity index (χ4n) is 2.26. The van der Waals surface area contributed by atoms with E-state index in [0.717, 1.165) is 5.69 Å². The number of hydrogen-bond donors (Lipinski definition) is 3. The molecule has 1 aromatic heterocycles. The Hall–Kier alpha value is -1.99. The predicted octanol–water partition coefficient (Wildman–Crippen LogP) is 1.06. The van der Waals surface area contributed by atoms with E-state index in [1.807, 2.05) is 13.1 Å². The third-order valence-corrected chi connectivity index (χ3v) is 3.49. The molecule has 0 bridgehead atoms. The van der Waals surface area contributed by atoms with Gasteiger partial charge in [-0.25, -0.2) is 4.79 Å². The number of aromatic nitrogens is 1. The van der Waals surface area contributed by atoms with Gasteiger partial charge < -0.3 is 15.3 Å². The van der Waals surface area contributed by atoms with Gasteiger partial charge in [0.25, 0.3) is 0 Å². The van der Waals surface area contributed by atoms with Crippen LogP contribution in [0.4, 0.5) is 0 Å². The number of aliphatic carboxylic acids is 2. The number of carbonyl (C=O) groups is 2. The minimum Gasteiger partial charge on any atom is -0.481 e. The Kier molecular flexibility index (Phi) is 6.94. The molecule has 2 heterocycles. The molecule has 1 saturated heterocycles. The van der Waals surface area contributed by atoms with Crippen molar-refractivity contribution in [3.63, 3.8) is 0 Å². The van der Waals surface area contributed by atoms with Crippen molar-refractivity contribution in [3.8, 4) is 0 Å². The highest BCUT2D eigenvalue weighted by Gasteiger charge is 2.22. The molecule has 0 amide bonds. The van der Waals surface area contributed by atoms with Gasteiger partial charge in [0, 0.05) is 17.9 Å². The van der Waals surface area contributed by atoms with Crippen LogP contribution in [0.5, 0.6) is 0 Å². The van der Waals surface area contributed by atoms with Crippen molar-refractivity contribution >= 4 is 11.9 Å². The quantitative estimate of drug-likeness (QED) is 0.762. The molecule has 2 unspecified atom stereocenters. The molecule has 7 heteroatoms. The molecular formula is C15H22N2O5. The normalized spacial score (nSPS) is 19.1. The molecular weight excluding hydrogens is 288 g/mol. The first-order chi connectivity index (χ1) is 10.3. The fraction of sp³-hybridized carbons (Fsp3) is 0.533. The highest BCUT2D eigenvalue weighted by atomic mass is 16.4. The number of nitrogens with zero attached hydrogens (tertiary/aromatic N) is 2. The summed E-state index contributed by atoms with van der Waals surface area (Å²) in [6.45, 7) is 3.25. The molecule has 1 aliphatic rings. The topological polar surface area (TPSA) is 111 Å². The van der Waals surface area contributed by atoms with Gasteiger partial charge in [0.05, 0.1) is 6.42 Å². The number of rotatable bonds is 4. The summed E-state index contributed by atoms with van der Waals surface area (Å²) in [5.74, 6) is -2.85. The molecule has 1 aliphatic heterocycles. The minimum absolute atomic E-state index is 0.605. The van der Waals surface area contributed by atoms with Crippen LogP contribution in [0.3, 0.4) is 0 Å². The van der Waals surface area contributed by atoms with E-state index < -0.39 is 24.5 Å². The number of aliphatic hydroxyl groups excluding tert-OH is 1. The highest BCUT2D eigenvalue weighted by molar-refractivity contribution is 5.79. The summed E-state index contributed by atoms with van der Waals surface area (Å²) in [5, 5.41) is 24.1. The van der Waals surface area contributed by atoms with Crippen molar-refractivity contribution in [1.82, 2.24) is 9.88 Å². The zero-order chi connectivity index (χ0) is 16.7. The van der Waals surface area contributed by atoms with Gasteiger partial charge in [-0.1, -0.05) is 6.07 Å². The highest BCUT2D eigenvalue weighted by Crippen LogP contribution is 2.29. The van der Waals surface area contributed by atoms with E-state index >= 15 is 0 Å². The minimum atomic E-state index is -1.79. The van der Waals surface area contributed by atoms with Crippen molar-refractivity contribution < 1.29 is 24.9 Å². The maximum Gasteiger partial charge on any atom is 0.333 e. The van der Waals surface area contributed by atoms with Crippen LogP contribution in [0.25, 0.3) is 0 Å². The zero-order valence-electron chi connectivity index (χ0n) is 12.8. The summed E-state index contributed by atoms with van der Waals surface area (Å²) in [4.78, 5) is 26.2. The Labute approximate surface area is 129 Å². The molecule has 0 aliphatic carbocycles. The Bertz CT molecular complexity index is 503. The van der Waals surface area contributed by atoms with Crippen molar-refractivity contribution in [2.75, 3.05) is 13.6 Å². The van der Waals surface area contributed by atoms with E-state index in [1.165, 1.54) is 24.9 Å². The fourth-order valence-corrected chi connectivity index (χ4v) is 2.26. The van der Waals surface area contributed by atoms with E-state index in [0.29, 0.717) is 6.04 Å². The summed E-state index contributed by atoms with van der Waals surface area (Å²) in [6.07, 6.45) is 2.07. The van der Waals surface area contributed by atoms with E-state index in [4.69, 9.17) is 15.3 Å². The Morgan fingerprint density at radius 3 is 2.45 bits per heavy atom. The van der Waals surface area contributed by atoms with Crippen LogP contribution in [0.15, 0.2) is 18.3 Å². The standard InChI is InChI=1S/C11H16N2.C4H6O5/c1-9-5-6-10(8-12-9)11-4-3-7-13(11)2;5-2(4(8)9)1-3(6)7/h5-6,8,11H,3-4,7H2,1-2H3;2,5H,1H2,(H,6,7)(H,8,9). The summed E-state index contributed by atoms with van der Waals surface area (Å²) in [6, 6.07) is 4.91. The third-order valence-electron chi connectivity index (χ3n) is 3.49. The largest absolute Gasteiger partial charge is 0.481 e. The molecule has 2 atom stereocenters. The first kappa shape index (κ1) is 18.1. The second kappa shape index (κ2) is 8.45. The number of pyridine rings is 1. The molecule has 1 aromatic rings.